The van der Waals surface area contributed by atoms with Crippen LogP contribution in [-0.4, -0.2) is 9.52 Å². The minimum absolute atomic E-state index is 0.129. The molecule has 0 N–H and O–H groups in total. The van der Waals surface area contributed by atoms with Crippen molar-refractivity contribution in [2.45, 2.75) is 184 Å². The molecule has 1 aliphatic heterocycles. The average Bonchev–Trinajstić information content (AvgIpc) is 4.07. The average molecular weight is 1120 g/mol. The van der Waals surface area contributed by atoms with Gasteiger partial charge in [-0.05, 0) is 79.7 Å². The number of hydrogen-bond donors (Lipinski definition) is 0. The first kappa shape index (κ1) is 59.5. The van der Waals surface area contributed by atoms with E-state index in [0.29, 0.717) is 11.8 Å². The van der Waals surface area contributed by atoms with E-state index < -0.39 is 20.8 Å². The van der Waals surface area contributed by atoms with Crippen LogP contribution in [0.25, 0.3) is 54.9 Å². The van der Waals surface area contributed by atoms with Crippen LogP contribution in [0.1, 0.15) is 194 Å². The zero-order chi connectivity index (χ0) is 54.5. The summed E-state index contributed by atoms with van der Waals surface area (Å²) in [7, 11) is 10.7. The van der Waals surface area contributed by atoms with E-state index in [1.54, 1.807) is 0 Å². The fourth-order valence-electron chi connectivity index (χ4n) is 10.0. The minimum Gasteiger partial charge on any atom is -0.184 e. The van der Waals surface area contributed by atoms with Crippen LogP contribution in [0.3, 0.4) is 0 Å². The van der Waals surface area contributed by atoms with Gasteiger partial charge in [0.1, 0.15) is 0 Å². The van der Waals surface area contributed by atoms with Crippen LogP contribution >= 0.6 is 17.0 Å². The molecule has 0 nitrogen and oxygen atoms in total. The first-order chi connectivity index (χ1) is 34.7. The van der Waals surface area contributed by atoms with E-state index >= 15 is 0 Å². The zero-order valence-corrected chi connectivity index (χ0v) is 53.3. The Bertz CT molecular complexity index is 2870. The standard InChI is InChI=1S/2C29H39.C12H7Si.2ClH.Zr/c2*1-10-11-20-12-13-21-14-22(19(2)3)17-26(21)27(20)23-15-24(28(4,5)6)18-25(16-23)29(7,8)9;1-3-7-11-9(5-1)10-6-2-4-8-12(10)13-11;;;/h2*12-19H,10-11H2,1-9H3;1-7H;2*1H;/q3*-1;;;+2/p-2. The Morgan fingerprint density at radius 2 is 0.878 bits per heavy atom. The fraction of sp³-hybridized carbons (Fsp3) is 0.400. The van der Waals surface area contributed by atoms with Crippen molar-refractivity contribution in [1.82, 2.24) is 0 Å². The Hall–Kier alpha value is -3.78. The SMILES string of the molecule is CCCc1ccc2[cH-]c(C(C)C)cc2c1-c1cc(C(C)(C)C)cc(C(C)(C)C)c1.CCCc1ccc2[cH-]c(C(C)C)cc2c1-c1cc(C(C)(C)C)cc(C(C)(C)C)c1.[Cl][Zr][Cl].[c-]1cccc2c1[Si]c1ccccc1-2. The van der Waals surface area contributed by atoms with Gasteiger partial charge in [0.2, 0.25) is 0 Å². The molecule has 0 amide bonds. The largest absolute Gasteiger partial charge is 0.184 e. The molecule has 2 radical (unpaired) electrons. The zero-order valence-electron chi connectivity index (χ0n) is 48.4. The van der Waals surface area contributed by atoms with Crippen molar-refractivity contribution in [3.63, 3.8) is 0 Å². The second kappa shape index (κ2) is 24.7. The third-order valence-electron chi connectivity index (χ3n) is 14.6. The number of aryl methyl sites for hydroxylation is 2. The van der Waals surface area contributed by atoms with Crippen LogP contribution < -0.4 is 10.4 Å². The van der Waals surface area contributed by atoms with Crippen LogP contribution in [0.5, 0.6) is 0 Å². The third-order valence-corrected chi connectivity index (χ3v) is 16.0. The van der Waals surface area contributed by atoms with E-state index in [0.717, 1.165) is 22.4 Å². The number of hydrogen-bond acceptors (Lipinski definition) is 0. The maximum absolute atomic E-state index is 4.93. The van der Waals surface area contributed by atoms with Gasteiger partial charge in [-0.15, -0.1) is 74.6 Å². The molecule has 0 unspecified atom stereocenters. The molecule has 390 valence electrons. The molecule has 4 heteroatoms. The van der Waals surface area contributed by atoms with Gasteiger partial charge in [0.15, 0.2) is 0 Å². The summed E-state index contributed by atoms with van der Waals surface area (Å²) >= 11 is -0.826. The molecular formula is C70H85Cl2SiZr-3. The summed E-state index contributed by atoms with van der Waals surface area (Å²) in [4.78, 5) is 0. The van der Waals surface area contributed by atoms with Crippen molar-refractivity contribution in [2.24, 2.45) is 0 Å². The normalized spacial score (nSPS) is 12.5. The monoisotopic (exact) mass is 1110 g/mol. The Balaban J connectivity index is 0.000000186. The third kappa shape index (κ3) is 14.4. The van der Waals surface area contributed by atoms with Crippen LogP contribution in [0.2, 0.25) is 0 Å². The van der Waals surface area contributed by atoms with E-state index in [9.17, 15) is 0 Å². The molecule has 8 aromatic rings. The summed E-state index contributed by atoms with van der Waals surface area (Å²) in [5.74, 6) is 1.10. The predicted octanol–water partition coefficient (Wildman–Crippen LogP) is 20.3. The Morgan fingerprint density at radius 1 is 0.500 bits per heavy atom. The topological polar surface area (TPSA) is 0 Å². The fourth-order valence-corrected chi connectivity index (χ4v) is 11.3. The Morgan fingerprint density at radius 3 is 1.24 bits per heavy atom. The summed E-state index contributed by atoms with van der Waals surface area (Å²) < 4.78 is 0. The number of halogens is 2. The summed E-state index contributed by atoms with van der Waals surface area (Å²) in [6.45, 7) is 41.6. The van der Waals surface area contributed by atoms with Gasteiger partial charge in [0.25, 0.3) is 0 Å². The van der Waals surface area contributed by atoms with Gasteiger partial charge < -0.3 is 0 Å². The molecule has 0 atom stereocenters. The summed E-state index contributed by atoms with van der Waals surface area (Å²) in [5, 5.41) is 8.42. The Labute approximate surface area is 470 Å². The van der Waals surface area contributed by atoms with Gasteiger partial charge in [-0.3, -0.25) is 0 Å². The van der Waals surface area contributed by atoms with Crippen molar-refractivity contribution in [3.8, 4) is 33.4 Å². The maximum Gasteiger partial charge on any atom is 0.0920 e. The second-order valence-electron chi connectivity index (χ2n) is 25.4. The first-order valence-electron chi connectivity index (χ1n) is 27.3. The summed E-state index contributed by atoms with van der Waals surface area (Å²) in [5.41, 5.74) is 20.5. The van der Waals surface area contributed by atoms with Crippen molar-refractivity contribution < 1.29 is 20.8 Å². The maximum atomic E-state index is 4.93. The van der Waals surface area contributed by atoms with Gasteiger partial charge >= 0.3 is 37.9 Å². The molecular weight excluding hydrogens is 1030 g/mol. The van der Waals surface area contributed by atoms with Crippen LogP contribution in [0.4, 0.5) is 0 Å². The van der Waals surface area contributed by atoms with Crippen LogP contribution in [-0.2, 0) is 55.3 Å². The molecule has 8 aromatic carbocycles. The number of rotatable bonds is 8. The van der Waals surface area contributed by atoms with Crippen molar-refractivity contribution in [2.75, 3.05) is 0 Å². The molecule has 9 rings (SSSR count). The van der Waals surface area contributed by atoms with E-state index in [1.807, 2.05) is 6.07 Å². The van der Waals surface area contributed by atoms with Gasteiger partial charge in [0.05, 0.1) is 9.52 Å². The Kier molecular flexibility index (Phi) is 19.8. The van der Waals surface area contributed by atoms with Gasteiger partial charge in [-0.2, -0.15) is 41.6 Å². The number of benzene rings is 6. The van der Waals surface area contributed by atoms with Crippen molar-refractivity contribution >= 4 is 58.5 Å². The minimum atomic E-state index is -0.826. The van der Waals surface area contributed by atoms with E-state index in [4.69, 9.17) is 17.0 Å². The van der Waals surface area contributed by atoms with E-state index in [1.165, 1.54) is 123 Å². The molecule has 0 saturated heterocycles. The molecule has 74 heavy (non-hydrogen) atoms. The second-order valence-corrected chi connectivity index (χ2v) is 30.4. The van der Waals surface area contributed by atoms with Crippen molar-refractivity contribution in [3.05, 3.63) is 178 Å². The van der Waals surface area contributed by atoms with Gasteiger partial charge in [-0.1, -0.05) is 231 Å². The smallest absolute Gasteiger partial charge is 0.0920 e. The van der Waals surface area contributed by atoms with Crippen LogP contribution in [0.15, 0.2) is 127 Å². The molecule has 0 fully saturated rings. The van der Waals surface area contributed by atoms with E-state index in [2.05, 4.69) is 252 Å². The molecule has 0 saturated carbocycles. The molecule has 0 aromatic heterocycles. The predicted molar refractivity (Wildman–Crippen MR) is 328 cm³/mol. The molecule has 0 aliphatic carbocycles. The summed E-state index contributed by atoms with van der Waals surface area (Å²) in [6, 6.07) is 51.9. The van der Waals surface area contributed by atoms with Crippen LogP contribution in [0, 0.1) is 6.07 Å². The number of fused-ring (bicyclic) bond motifs is 5. The molecule has 0 spiro atoms. The molecule has 1 aliphatic rings. The first-order valence-corrected chi connectivity index (χ1v) is 34.6. The van der Waals surface area contributed by atoms with Gasteiger partial charge in [0, 0.05) is 0 Å². The summed E-state index contributed by atoms with van der Waals surface area (Å²) in [6.07, 6.45) is 4.58. The van der Waals surface area contributed by atoms with Crippen molar-refractivity contribution in [1.29, 1.82) is 0 Å². The van der Waals surface area contributed by atoms with E-state index in [-0.39, 0.29) is 21.7 Å². The van der Waals surface area contributed by atoms with Gasteiger partial charge in [-0.25, -0.2) is 0 Å². The quantitative estimate of drug-likeness (QED) is 0.105. The molecule has 0 bridgehead atoms. The molecule has 1 heterocycles.